The number of Topliss-reactive ketones (excluding diaryl/α,β-unsaturated/α-hetero) is 1. The van der Waals surface area contributed by atoms with Gasteiger partial charge in [0.25, 0.3) is 5.69 Å². The highest BCUT2D eigenvalue weighted by molar-refractivity contribution is 6.09. The number of carbonyl (C=O) groups excluding carboxylic acids is 2. The second-order valence-corrected chi connectivity index (χ2v) is 8.06. The summed E-state index contributed by atoms with van der Waals surface area (Å²) in [7, 11) is 0. The molecule has 2 aromatic carbocycles. The molecule has 4 rings (SSSR count). The molecule has 0 saturated heterocycles. The summed E-state index contributed by atoms with van der Waals surface area (Å²) in [5.74, 6) is -2.28. The number of benzene rings is 2. The molecule has 0 radical (unpaired) electrons. The normalized spacial score (nSPS) is 20.4. The molecule has 0 bridgehead atoms. The van der Waals surface area contributed by atoms with E-state index in [4.69, 9.17) is 4.74 Å². The van der Waals surface area contributed by atoms with Gasteiger partial charge >= 0.3 is 5.97 Å². The van der Waals surface area contributed by atoms with Crippen LogP contribution in [0.15, 0.2) is 70.9 Å². The minimum atomic E-state index is -0.882. The number of hydrogen-bond acceptors (Lipinski definition) is 6. The summed E-state index contributed by atoms with van der Waals surface area (Å²) in [5.41, 5.74) is 2.85. The number of nitro benzene ring substituents is 1. The van der Waals surface area contributed by atoms with Gasteiger partial charge in [-0.3, -0.25) is 24.7 Å². The van der Waals surface area contributed by atoms with Gasteiger partial charge in [-0.25, -0.2) is 0 Å². The van der Waals surface area contributed by atoms with Crippen LogP contribution < -0.4 is 0 Å². The summed E-state index contributed by atoms with van der Waals surface area (Å²) >= 11 is 0. The molecule has 2 aliphatic rings. The summed E-state index contributed by atoms with van der Waals surface area (Å²) < 4.78 is 5.60. The molecule has 0 spiro atoms. The molecule has 0 amide bonds. The van der Waals surface area contributed by atoms with Crippen LogP contribution in [0.1, 0.15) is 43.2 Å². The number of allylic oxidation sites excluding steroid dienone is 2. The smallest absolute Gasteiger partial charge is 0.315 e. The van der Waals surface area contributed by atoms with Gasteiger partial charge in [-0.15, -0.1) is 0 Å². The highest BCUT2D eigenvalue weighted by Gasteiger charge is 2.45. The van der Waals surface area contributed by atoms with Crippen molar-refractivity contribution in [1.29, 1.82) is 0 Å². The van der Waals surface area contributed by atoms with Crippen LogP contribution in [0, 0.1) is 16.0 Å². The van der Waals surface area contributed by atoms with Crippen molar-refractivity contribution >= 4 is 23.2 Å². The fourth-order valence-corrected chi connectivity index (χ4v) is 4.57. The lowest BCUT2D eigenvalue weighted by molar-refractivity contribution is -0.385. The zero-order valence-electron chi connectivity index (χ0n) is 17.8. The molecule has 164 valence electrons. The summed E-state index contributed by atoms with van der Waals surface area (Å²) in [6.07, 6.45) is 2.20. The van der Waals surface area contributed by atoms with Gasteiger partial charge in [0.15, 0.2) is 5.78 Å². The Bertz CT molecular complexity index is 1120. The van der Waals surface area contributed by atoms with Crippen LogP contribution in [0.5, 0.6) is 0 Å². The number of ether oxygens (including phenoxy) is 1. The Hall–Kier alpha value is -3.61. The van der Waals surface area contributed by atoms with Gasteiger partial charge in [0.05, 0.1) is 11.5 Å². The van der Waals surface area contributed by atoms with Crippen molar-refractivity contribution in [3.63, 3.8) is 0 Å². The molecule has 2 aromatic rings. The van der Waals surface area contributed by atoms with Crippen LogP contribution in [0.25, 0.3) is 0 Å². The van der Waals surface area contributed by atoms with Crippen molar-refractivity contribution in [3.8, 4) is 0 Å². The second-order valence-electron chi connectivity index (χ2n) is 8.06. The van der Waals surface area contributed by atoms with Gasteiger partial charge in [0, 0.05) is 47.4 Å². The van der Waals surface area contributed by atoms with Crippen LogP contribution in [0.4, 0.5) is 5.69 Å². The molecule has 1 aliphatic carbocycles. The Morgan fingerprint density at radius 2 is 1.84 bits per heavy atom. The molecule has 1 unspecified atom stereocenters. The third-order valence-electron chi connectivity index (χ3n) is 6.03. The molecule has 0 N–H and O–H groups in total. The van der Waals surface area contributed by atoms with E-state index in [-0.39, 0.29) is 18.1 Å². The van der Waals surface area contributed by atoms with Gasteiger partial charge in [-0.2, -0.15) is 0 Å². The molecule has 1 aliphatic heterocycles. The average molecular weight is 432 g/mol. The van der Waals surface area contributed by atoms with Crippen molar-refractivity contribution in [2.45, 2.75) is 38.5 Å². The number of rotatable bonds is 6. The Labute approximate surface area is 186 Å². The van der Waals surface area contributed by atoms with Crippen molar-refractivity contribution in [1.82, 2.24) is 0 Å². The number of para-hydroxylation sites is 1. The number of esters is 1. The van der Waals surface area contributed by atoms with E-state index in [1.165, 1.54) is 6.07 Å². The summed E-state index contributed by atoms with van der Waals surface area (Å²) in [5, 5.41) is 11.8. The Balaban J connectivity index is 1.69. The van der Waals surface area contributed by atoms with E-state index in [9.17, 15) is 19.7 Å². The van der Waals surface area contributed by atoms with Gasteiger partial charge in [0.1, 0.15) is 5.92 Å². The van der Waals surface area contributed by atoms with E-state index in [0.29, 0.717) is 48.2 Å². The molecule has 32 heavy (non-hydrogen) atoms. The second kappa shape index (κ2) is 9.26. The molecule has 0 aromatic heterocycles. The SMILES string of the molecule is CC1=NC2=C(C(=O)CCC2)[C@@H](c2ccccc2[N+](=O)[O-])C1C(=O)OCCc1ccccc1. The summed E-state index contributed by atoms with van der Waals surface area (Å²) in [4.78, 5) is 42.0. The maximum Gasteiger partial charge on any atom is 0.315 e. The number of ketones is 1. The average Bonchev–Trinajstić information content (AvgIpc) is 2.79. The molecule has 2 atom stereocenters. The molecular weight excluding hydrogens is 408 g/mol. The number of aliphatic imine (C=N–C) groups is 1. The molecule has 0 saturated carbocycles. The van der Waals surface area contributed by atoms with Crippen LogP contribution in [-0.2, 0) is 20.7 Å². The zero-order chi connectivity index (χ0) is 22.7. The van der Waals surface area contributed by atoms with Crippen molar-refractivity contribution < 1.29 is 19.2 Å². The largest absolute Gasteiger partial charge is 0.465 e. The quantitative estimate of drug-likeness (QED) is 0.378. The first-order valence-electron chi connectivity index (χ1n) is 10.7. The molecule has 1 heterocycles. The molecule has 7 heteroatoms. The van der Waals surface area contributed by atoms with Gasteiger partial charge in [0.2, 0.25) is 0 Å². The molecular formula is C25H24N2O5. The first-order valence-corrected chi connectivity index (χ1v) is 10.7. The van der Waals surface area contributed by atoms with E-state index in [1.807, 2.05) is 30.3 Å². The minimum Gasteiger partial charge on any atom is -0.465 e. The Kier molecular flexibility index (Phi) is 6.25. The third-order valence-corrected chi connectivity index (χ3v) is 6.03. The number of hydrogen-bond donors (Lipinski definition) is 0. The Morgan fingerprint density at radius 1 is 1.12 bits per heavy atom. The summed E-state index contributed by atoms with van der Waals surface area (Å²) in [6, 6.07) is 16.0. The highest BCUT2D eigenvalue weighted by Crippen LogP contribution is 2.45. The maximum absolute atomic E-state index is 13.2. The minimum absolute atomic E-state index is 0.104. The van der Waals surface area contributed by atoms with E-state index >= 15 is 0 Å². The van der Waals surface area contributed by atoms with E-state index in [2.05, 4.69) is 4.99 Å². The van der Waals surface area contributed by atoms with Crippen LogP contribution >= 0.6 is 0 Å². The fraction of sp³-hybridized carbons (Fsp3) is 0.320. The lowest BCUT2D eigenvalue weighted by Gasteiger charge is -2.34. The number of nitro groups is 1. The standard InChI is InChI=1S/C25H24N2O5/c1-16-22(25(29)32-15-14-17-8-3-2-4-9-17)23(18-10-5-6-12-20(18)27(30)31)24-19(26-16)11-7-13-21(24)28/h2-6,8-10,12,22-23H,7,11,13-15H2,1H3/t22?,23-/m0/s1. The van der Waals surface area contributed by atoms with Gasteiger partial charge in [-0.05, 0) is 25.3 Å². The highest BCUT2D eigenvalue weighted by atomic mass is 16.6. The monoisotopic (exact) mass is 432 g/mol. The molecule has 0 fully saturated rings. The van der Waals surface area contributed by atoms with Gasteiger partial charge in [-0.1, -0.05) is 48.5 Å². The van der Waals surface area contributed by atoms with Gasteiger partial charge < -0.3 is 4.74 Å². The zero-order valence-corrected chi connectivity index (χ0v) is 17.8. The van der Waals surface area contributed by atoms with E-state index in [0.717, 1.165) is 5.56 Å². The van der Waals surface area contributed by atoms with Crippen molar-refractivity contribution in [2.75, 3.05) is 6.61 Å². The predicted molar refractivity (Wildman–Crippen MR) is 119 cm³/mol. The van der Waals surface area contributed by atoms with Crippen molar-refractivity contribution in [2.24, 2.45) is 10.9 Å². The molecule has 7 nitrogen and oxygen atoms in total. The predicted octanol–water partition coefficient (Wildman–Crippen LogP) is 4.56. The topological polar surface area (TPSA) is 98.9 Å². The fourth-order valence-electron chi connectivity index (χ4n) is 4.57. The van der Waals surface area contributed by atoms with Crippen molar-refractivity contribution in [3.05, 3.63) is 87.1 Å². The van der Waals surface area contributed by atoms with Crippen LogP contribution in [-0.4, -0.2) is 29.0 Å². The first kappa shape index (κ1) is 21.6. The van der Waals surface area contributed by atoms with Crippen LogP contribution in [0.3, 0.4) is 0 Å². The number of nitrogens with zero attached hydrogens (tertiary/aromatic N) is 2. The lowest BCUT2D eigenvalue weighted by atomic mass is 9.71. The number of carbonyl (C=O) groups is 2. The van der Waals surface area contributed by atoms with E-state index in [1.54, 1.807) is 25.1 Å². The first-order chi connectivity index (χ1) is 15.5. The maximum atomic E-state index is 13.2. The summed E-state index contributed by atoms with van der Waals surface area (Å²) in [6.45, 7) is 1.91. The van der Waals surface area contributed by atoms with Crippen LogP contribution in [0.2, 0.25) is 0 Å². The lowest BCUT2D eigenvalue weighted by Crippen LogP contribution is -2.37. The van der Waals surface area contributed by atoms with E-state index < -0.39 is 22.7 Å². The Morgan fingerprint density at radius 3 is 2.59 bits per heavy atom. The third kappa shape index (κ3) is 4.23.